The Morgan fingerprint density at radius 3 is 2.31 bits per heavy atom. The van der Waals surface area contributed by atoms with Crippen LogP contribution in [0.1, 0.15) is 44.7 Å². The highest BCUT2D eigenvalue weighted by Crippen LogP contribution is 2.30. The van der Waals surface area contributed by atoms with E-state index in [4.69, 9.17) is 23.5 Å². The van der Waals surface area contributed by atoms with Crippen molar-refractivity contribution < 1.29 is 33.1 Å². The van der Waals surface area contributed by atoms with Crippen LogP contribution in [0, 0.1) is 13.8 Å². The number of ether oxygens (including phenoxy) is 4. The number of benzene rings is 2. The van der Waals surface area contributed by atoms with Crippen LogP contribution < -0.4 is 14.2 Å². The van der Waals surface area contributed by atoms with Gasteiger partial charge in [0, 0.05) is 5.56 Å². The van der Waals surface area contributed by atoms with E-state index in [1.54, 1.807) is 36.4 Å². The van der Waals surface area contributed by atoms with Crippen LogP contribution >= 0.6 is 0 Å². The summed E-state index contributed by atoms with van der Waals surface area (Å²) in [6.45, 7) is 5.93. The standard InChI is InChI=1S/C24H25NO7/c1-5-29-19-9-6-17(7-10-19)21(26)14-31-24(27)18-8-11-22(23(12-18)28-4)30-13-20-15(2)25-32-16(20)3/h6-12H,5,13-14H2,1-4H3. The molecule has 0 amide bonds. The zero-order valence-electron chi connectivity index (χ0n) is 18.5. The number of Topliss-reactive ketones (excluding diaryl/α,β-unsaturated/α-hetero) is 1. The van der Waals surface area contributed by atoms with Crippen molar-refractivity contribution in [3.05, 3.63) is 70.6 Å². The third-order valence-electron chi connectivity index (χ3n) is 4.77. The van der Waals surface area contributed by atoms with Gasteiger partial charge in [-0.1, -0.05) is 5.16 Å². The topological polar surface area (TPSA) is 97.1 Å². The average molecular weight is 439 g/mol. The second-order valence-electron chi connectivity index (χ2n) is 6.91. The smallest absolute Gasteiger partial charge is 0.338 e. The van der Waals surface area contributed by atoms with Crippen LogP contribution in [0.5, 0.6) is 17.2 Å². The van der Waals surface area contributed by atoms with Crippen molar-refractivity contribution in [2.75, 3.05) is 20.3 Å². The molecule has 0 aliphatic carbocycles. The molecule has 0 aliphatic heterocycles. The molecule has 0 radical (unpaired) electrons. The third kappa shape index (κ3) is 5.46. The summed E-state index contributed by atoms with van der Waals surface area (Å²) in [5, 5.41) is 3.90. The second-order valence-corrected chi connectivity index (χ2v) is 6.91. The van der Waals surface area contributed by atoms with Gasteiger partial charge in [0.15, 0.2) is 23.9 Å². The summed E-state index contributed by atoms with van der Waals surface area (Å²) in [7, 11) is 1.47. The molecule has 3 rings (SSSR count). The molecule has 0 unspecified atom stereocenters. The molecule has 8 nitrogen and oxygen atoms in total. The predicted octanol–water partition coefficient (Wildman–Crippen LogP) is 4.32. The number of nitrogens with zero attached hydrogens (tertiary/aromatic N) is 1. The predicted molar refractivity (Wildman–Crippen MR) is 116 cm³/mol. The van der Waals surface area contributed by atoms with Gasteiger partial charge in [-0.3, -0.25) is 4.79 Å². The molecule has 0 atom stereocenters. The molecule has 168 valence electrons. The van der Waals surface area contributed by atoms with Crippen molar-refractivity contribution in [1.82, 2.24) is 5.16 Å². The molecular weight excluding hydrogens is 414 g/mol. The summed E-state index contributed by atoms with van der Waals surface area (Å²) in [5.41, 5.74) is 2.27. The van der Waals surface area contributed by atoms with Gasteiger partial charge in [-0.2, -0.15) is 0 Å². The average Bonchev–Trinajstić information content (AvgIpc) is 3.13. The summed E-state index contributed by atoms with van der Waals surface area (Å²) in [4.78, 5) is 24.7. The Hall–Kier alpha value is -3.81. The molecule has 0 saturated heterocycles. The summed E-state index contributed by atoms with van der Waals surface area (Å²) < 4.78 is 26.8. The molecular formula is C24H25NO7. The maximum absolute atomic E-state index is 12.4. The Labute approximate surface area is 186 Å². The fourth-order valence-electron chi connectivity index (χ4n) is 2.97. The number of aryl methyl sites for hydroxylation is 2. The third-order valence-corrected chi connectivity index (χ3v) is 4.77. The van der Waals surface area contributed by atoms with E-state index < -0.39 is 5.97 Å². The van der Waals surface area contributed by atoms with Crippen molar-refractivity contribution in [3.8, 4) is 17.2 Å². The van der Waals surface area contributed by atoms with Crippen LogP contribution in [0.2, 0.25) is 0 Å². The number of carbonyl (C=O) groups excluding carboxylic acids is 2. The molecule has 1 aromatic heterocycles. The molecule has 0 N–H and O–H groups in total. The summed E-state index contributed by atoms with van der Waals surface area (Å²) >= 11 is 0. The van der Waals surface area contributed by atoms with E-state index in [1.165, 1.54) is 13.2 Å². The highest BCUT2D eigenvalue weighted by molar-refractivity contribution is 5.99. The Morgan fingerprint density at radius 2 is 1.69 bits per heavy atom. The van der Waals surface area contributed by atoms with E-state index >= 15 is 0 Å². The number of aromatic nitrogens is 1. The number of ketones is 1. The number of hydrogen-bond acceptors (Lipinski definition) is 8. The van der Waals surface area contributed by atoms with Gasteiger partial charge in [0.1, 0.15) is 18.1 Å². The van der Waals surface area contributed by atoms with Gasteiger partial charge in [-0.15, -0.1) is 0 Å². The van der Waals surface area contributed by atoms with Crippen molar-refractivity contribution in [1.29, 1.82) is 0 Å². The minimum atomic E-state index is -0.639. The summed E-state index contributed by atoms with van der Waals surface area (Å²) in [6.07, 6.45) is 0. The van der Waals surface area contributed by atoms with E-state index in [1.807, 2.05) is 20.8 Å². The first-order valence-corrected chi connectivity index (χ1v) is 10.1. The fourth-order valence-corrected chi connectivity index (χ4v) is 2.97. The van der Waals surface area contributed by atoms with Gasteiger partial charge in [-0.25, -0.2) is 4.79 Å². The molecule has 0 bridgehead atoms. The van der Waals surface area contributed by atoms with Crippen molar-refractivity contribution in [2.45, 2.75) is 27.4 Å². The second kappa shape index (κ2) is 10.5. The molecule has 0 aliphatic rings. The fraction of sp³-hybridized carbons (Fsp3) is 0.292. The van der Waals surface area contributed by atoms with Crippen molar-refractivity contribution >= 4 is 11.8 Å². The number of hydrogen-bond donors (Lipinski definition) is 0. The van der Waals surface area contributed by atoms with Gasteiger partial charge in [0.05, 0.1) is 30.5 Å². The molecule has 0 spiro atoms. The highest BCUT2D eigenvalue weighted by Gasteiger charge is 2.16. The van der Waals surface area contributed by atoms with Gasteiger partial charge in [0.25, 0.3) is 0 Å². The van der Waals surface area contributed by atoms with Crippen LogP contribution in [-0.4, -0.2) is 37.2 Å². The van der Waals surface area contributed by atoms with Gasteiger partial charge in [-0.05, 0) is 63.2 Å². The molecule has 32 heavy (non-hydrogen) atoms. The minimum absolute atomic E-state index is 0.242. The van der Waals surface area contributed by atoms with Crippen molar-refractivity contribution in [2.24, 2.45) is 0 Å². The lowest BCUT2D eigenvalue weighted by molar-refractivity contribution is 0.0474. The van der Waals surface area contributed by atoms with Crippen LogP contribution in [0.4, 0.5) is 0 Å². The first-order valence-electron chi connectivity index (χ1n) is 10.1. The maximum Gasteiger partial charge on any atom is 0.338 e. The Morgan fingerprint density at radius 1 is 0.969 bits per heavy atom. The maximum atomic E-state index is 12.4. The van der Waals surface area contributed by atoms with Crippen molar-refractivity contribution in [3.63, 3.8) is 0 Å². The zero-order valence-corrected chi connectivity index (χ0v) is 18.5. The summed E-state index contributed by atoms with van der Waals surface area (Å²) in [5.74, 6) is 1.22. The molecule has 0 saturated carbocycles. The highest BCUT2D eigenvalue weighted by atomic mass is 16.5. The van der Waals surface area contributed by atoms with Crippen LogP contribution in [0.3, 0.4) is 0 Å². The molecule has 3 aromatic rings. The van der Waals surface area contributed by atoms with Crippen LogP contribution in [0.15, 0.2) is 47.0 Å². The normalized spacial score (nSPS) is 10.5. The van der Waals surface area contributed by atoms with Gasteiger partial charge >= 0.3 is 5.97 Å². The quantitative estimate of drug-likeness (QED) is 0.340. The Kier molecular flexibility index (Phi) is 7.49. The Balaban J connectivity index is 1.60. The van der Waals surface area contributed by atoms with E-state index in [0.29, 0.717) is 35.2 Å². The monoisotopic (exact) mass is 439 g/mol. The minimum Gasteiger partial charge on any atom is -0.494 e. The first kappa shape index (κ1) is 22.9. The first-order chi connectivity index (χ1) is 15.4. The molecule has 8 heteroatoms. The van der Waals surface area contributed by atoms with E-state index in [2.05, 4.69) is 5.16 Å². The molecule has 0 fully saturated rings. The number of esters is 1. The summed E-state index contributed by atoms with van der Waals surface area (Å²) in [6, 6.07) is 11.3. The van der Waals surface area contributed by atoms with Crippen LogP contribution in [-0.2, 0) is 11.3 Å². The van der Waals surface area contributed by atoms with E-state index in [-0.39, 0.29) is 24.6 Å². The SMILES string of the molecule is CCOc1ccc(C(=O)COC(=O)c2ccc(OCc3c(C)noc3C)c(OC)c2)cc1. The lowest BCUT2D eigenvalue weighted by Gasteiger charge is -2.12. The lowest BCUT2D eigenvalue weighted by Crippen LogP contribution is -2.14. The number of methoxy groups -OCH3 is 1. The number of carbonyl (C=O) groups is 2. The molecule has 1 heterocycles. The lowest BCUT2D eigenvalue weighted by atomic mass is 10.1. The van der Waals surface area contributed by atoms with Gasteiger partial charge < -0.3 is 23.5 Å². The molecule has 2 aromatic carbocycles. The van der Waals surface area contributed by atoms with E-state index in [9.17, 15) is 9.59 Å². The van der Waals surface area contributed by atoms with Crippen LogP contribution in [0.25, 0.3) is 0 Å². The zero-order chi connectivity index (χ0) is 23.1. The Bertz CT molecular complexity index is 1070. The van der Waals surface area contributed by atoms with E-state index in [0.717, 1.165) is 11.3 Å². The van der Waals surface area contributed by atoms with Gasteiger partial charge in [0.2, 0.25) is 0 Å². The largest absolute Gasteiger partial charge is 0.494 e. The number of rotatable bonds is 10.